The number of nitrogens with zero attached hydrogens (tertiary/aromatic N) is 3. The van der Waals surface area contributed by atoms with Crippen LogP contribution in [0.4, 0.5) is 11.6 Å². The lowest BCUT2D eigenvalue weighted by molar-refractivity contribution is -0.113. The van der Waals surface area contributed by atoms with Crippen molar-refractivity contribution in [2.24, 2.45) is 0 Å². The molecule has 4 rings (SSSR count). The van der Waals surface area contributed by atoms with Gasteiger partial charge in [0.05, 0.1) is 12.2 Å². The van der Waals surface area contributed by atoms with E-state index in [4.69, 9.17) is 4.74 Å². The number of aryl methyl sites for hydroxylation is 1. The van der Waals surface area contributed by atoms with Crippen LogP contribution in [0.2, 0.25) is 0 Å². The van der Waals surface area contributed by atoms with Gasteiger partial charge in [0.1, 0.15) is 18.1 Å². The minimum absolute atomic E-state index is 0.182. The summed E-state index contributed by atoms with van der Waals surface area (Å²) in [6.45, 7) is 6.44. The molecule has 1 amide bonds. The van der Waals surface area contributed by atoms with E-state index in [1.54, 1.807) is 4.68 Å². The SMILES string of the molecule is CCOc1ccc(C2C(C(=O)Nc3ccc(C)cc3)=C(C)Nc3ncnn32)cc1. The molecule has 1 aromatic heterocycles. The lowest BCUT2D eigenvalue weighted by atomic mass is 9.95. The summed E-state index contributed by atoms with van der Waals surface area (Å²) in [6.07, 6.45) is 1.48. The molecule has 2 N–H and O–H groups in total. The largest absolute Gasteiger partial charge is 0.494 e. The fourth-order valence-corrected chi connectivity index (χ4v) is 3.44. The fourth-order valence-electron chi connectivity index (χ4n) is 3.44. The molecular formula is C22H23N5O2. The molecule has 1 atom stereocenters. The van der Waals surface area contributed by atoms with Crippen molar-refractivity contribution in [1.82, 2.24) is 14.8 Å². The molecule has 7 heteroatoms. The molecule has 7 nitrogen and oxygen atoms in total. The van der Waals surface area contributed by atoms with Crippen LogP contribution in [0.25, 0.3) is 0 Å². The van der Waals surface area contributed by atoms with Crippen molar-refractivity contribution in [2.75, 3.05) is 17.2 Å². The summed E-state index contributed by atoms with van der Waals surface area (Å²) >= 11 is 0. The first-order valence-corrected chi connectivity index (χ1v) is 9.55. The lowest BCUT2D eigenvalue weighted by Crippen LogP contribution is -2.31. The normalized spacial score (nSPS) is 15.5. The highest BCUT2D eigenvalue weighted by atomic mass is 16.5. The molecule has 0 fully saturated rings. The molecule has 1 aliphatic rings. The third-order valence-electron chi connectivity index (χ3n) is 4.86. The molecule has 0 spiro atoms. The minimum atomic E-state index is -0.394. The maximum Gasteiger partial charge on any atom is 0.255 e. The molecule has 148 valence electrons. The van der Waals surface area contributed by atoms with Gasteiger partial charge in [0.2, 0.25) is 5.95 Å². The second-order valence-corrected chi connectivity index (χ2v) is 6.92. The molecule has 29 heavy (non-hydrogen) atoms. The number of benzene rings is 2. The van der Waals surface area contributed by atoms with Gasteiger partial charge in [-0.2, -0.15) is 10.1 Å². The van der Waals surface area contributed by atoms with Crippen LogP contribution in [0.5, 0.6) is 5.75 Å². The highest BCUT2D eigenvalue weighted by Gasteiger charge is 2.33. The highest BCUT2D eigenvalue weighted by molar-refractivity contribution is 6.06. The number of aromatic nitrogens is 3. The zero-order valence-electron chi connectivity index (χ0n) is 16.6. The standard InChI is InChI=1S/C22H23N5O2/c1-4-29-18-11-7-16(8-12-18)20-19(15(3)25-22-23-13-24-27(20)22)21(28)26-17-9-5-14(2)6-10-17/h5-13,20H,4H2,1-3H3,(H,26,28)(H,23,24,25). The predicted molar refractivity (Wildman–Crippen MR) is 112 cm³/mol. The van der Waals surface area contributed by atoms with Gasteiger partial charge < -0.3 is 15.4 Å². The first-order chi connectivity index (χ1) is 14.1. The summed E-state index contributed by atoms with van der Waals surface area (Å²) in [5.74, 6) is 1.21. The quantitative estimate of drug-likeness (QED) is 0.691. The van der Waals surface area contributed by atoms with Gasteiger partial charge in [-0.15, -0.1) is 0 Å². The van der Waals surface area contributed by atoms with Crippen LogP contribution in [0.15, 0.2) is 66.1 Å². The number of amides is 1. The molecule has 1 unspecified atom stereocenters. The molecule has 2 aromatic carbocycles. The Morgan fingerprint density at radius 3 is 2.55 bits per heavy atom. The average molecular weight is 389 g/mol. The molecule has 0 radical (unpaired) electrons. The molecule has 3 aromatic rings. The number of hydrogen-bond acceptors (Lipinski definition) is 5. The third kappa shape index (κ3) is 3.71. The first-order valence-electron chi connectivity index (χ1n) is 9.55. The van der Waals surface area contributed by atoms with Crippen LogP contribution in [0.3, 0.4) is 0 Å². The summed E-state index contributed by atoms with van der Waals surface area (Å²) in [5.41, 5.74) is 4.14. The van der Waals surface area contributed by atoms with Crippen molar-refractivity contribution >= 4 is 17.5 Å². The predicted octanol–water partition coefficient (Wildman–Crippen LogP) is 3.91. The Morgan fingerprint density at radius 1 is 1.14 bits per heavy atom. The third-order valence-corrected chi connectivity index (χ3v) is 4.86. The summed E-state index contributed by atoms with van der Waals surface area (Å²) in [7, 11) is 0. The molecule has 0 saturated heterocycles. The number of anilines is 2. The van der Waals surface area contributed by atoms with Gasteiger partial charge in [0, 0.05) is 11.4 Å². The molecule has 1 aliphatic heterocycles. The molecule has 2 heterocycles. The smallest absolute Gasteiger partial charge is 0.255 e. The summed E-state index contributed by atoms with van der Waals surface area (Å²) in [4.78, 5) is 17.5. The van der Waals surface area contributed by atoms with Gasteiger partial charge in [-0.05, 0) is 50.6 Å². The van der Waals surface area contributed by atoms with E-state index < -0.39 is 6.04 Å². The fraction of sp³-hybridized carbons (Fsp3) is 0.227. The number of hydrogen-bond donors (Lipinski definition) is 2. The van der Waals surface area contributed by atoms with E-state index in [1.807, 2.05) is 69.3 Å². The number of rotatable bonds is 5. The summed E-state index contributed by atoms with van der Waals surface area (Å²) in [6, 6.07) is 15.1. The average Bonchev–Trinajstić information content (AvgIpc) is 3.17. The van der Waals surface area contributed by atoms with Crippen molar-refractivity contribution in [2.45, 2.75) is 26.8 Å². The monoisotopic (exact) mass is 389 g/mol. The van der Waals surface area contributed by atoms with E-state index >= 15 is 0 Å². The van der Waals surface area contributed by atoms with Crippen LogP contribution in [0.1, 0.15) is 31.0 Å². The van der Waals surface area contributed by atoms with Gasteiger partial charge in [-0.25, -0.2) is 4.68 Å². The topological polar surface area (TPSA) is 81.1 Å². The Bertz CT molecular complexity index is 1050. The molecule has 0 saturated carbocycles. The first kappa shape index (κ1) is 18.7. The van der Waals surface area contributed by atoms with E-state index in [0.717, 1.165) is 28.3 Å². The maximum absolute atomic E-state index is 13.3. The number of nitrogens with one attached hydrogen (secondary N) is 2. The maximum atomic E-state index is 13.3. The van der Waals surface area contributed by atoms with Gasteiger partial charge in [-0.3, -0.25) is 4.79 Å². The highest BCUT2D eigenvalue weighted by Crippen LogP contribution is 2.35. The van der Waals surface area contributed by atoms with Crippen LogP contribution in [0, 0.1) is 6.92 Å². The number of ether oxygens (including phenoxy) is 1. The summed E-state index contributed by atoms with van der Waals surface area (Å²) in [5, 5.41) is 10.5. The second-order valence-electron chi connectivity index (χ2n) is 6.92. The van der Waals surface area contributed by atoms with Gasteiger partial charge in [0.15, 0.2) is 0 Å². The van der Waals surface area contributed by atoms with Crippen LogP contribution >= 0.6 is 0 Å². The van der Waals surface area contributed by atoms with Crippen LogP contribution < -0.4 is 15.4 Å². The van der Waals surface area contributed by atoms with Crippen LogP contribution in [-0.2, 0) is 4.79 Å². The minimum Gasteiger partial charge on any atom is -0.494 e. The zero-order valence-corrected chi connectivity index (χ0v) is 16.6. The van der Waals surface area contributed by atoms with E-state index in [2.05, 4.69) is 20.7 Å². The van der Waals surface area contributed by atoms with Crippen molar-refractivity contribution in [3.63, 3.8) is 0 Å². The number of allylic oxidation sites excluding steroid dienone is 1. The van der Waals surface area contributed by atoms with Gasteiger partial charge >= 0.3 is 0 Å². The van der Waals surface area contributed by atoms with E-state index in [9.17, 15) is 4.79 Å². The van der Waals surface area contributed by atoms with Gasteiger partial charge in [-0.1, -0.05) is 29.8 Å². The van der Waals surface area contributed by atoms with Crippen molar-refractivity contribution in [1.29, 1.82) is 0 Å². The number of carbonyl (C=O) groups is 1. The van der Waals surface area contributed by atoms with Crippen molar-refractivity contribution in [3.8, 4) is 5.75 Å². The Kier molecular flexibility index (Phi) is 5.03. The van der Waals surface area contributed by atoms with E-state index in [0.29, 0.717) is 18.1 Å². The zero-order chi connectivity index (χ0) is 20.4. The second kappa shape index (κ2) is 7.79. The lowest BCUT2D eigenvalue weighted by Gasteiger charge is -2.28. The molecular weight excluding hydrogens is 366 g/mol. The Balaban J connectivity index is 1.71. The Labute approximate surface area is 169 Å². The van der Waals surface area contributed by atoms with Crippen molar-refractivity contribution < 1.29 is 9.53 Å². The Morgan fingerprint density at radius 2 is 1.86 bits per heavy atom. The van der Waals surface area contributed by atoms with E-state index in [1.165, 1.54) is 6.33 Å². The Hall–Kier alpha value is -3.61. The van der Waals surface area contributed by atoms with Gasteiger partial charge in [0.25, 0.3) is 5.91 Å². The molecule has 0 bridgehead atoms. The number of fused-ring (bicyclic) bond motifs is 1. The van der Waals surface area contributed by atoms with Crippen molar-refractivity contribution in [3.05, 3.63) is 77.3 Å². The number of carbonyl (C=O) groups excluding carboxylic acids is 1. The van der Waals surface area contributed by atoms with Crippen LogP contribution in [-0.4, -0.2) is 27.3 Å². The molecule has 0 aliphatic carbocycles. The van der Waals surface area contributed by atoms with E-state index in [-0.39, 0.29) is 5.91 Å². The summed E-state index contributed by atoms with van der Waals surface area (Å²) < 4.78 is 7.28.